The molecule has 0 unspecified atom stereocenters. The molecule has 0 atom stereocenters. The molecule has 0 aliphatic rings. The maximum atomic E-state index is 11.4. The number of amides is 1. The van der Waals surface area contributed by atoms with E-state index < -0.39 is 4.92 Å². The molecular weight excluding hydrogens is 306 g/mol. The summed E-state index contributed by atoms with van der Waals surface area (Å²) in [4.78, 5) is 21.6. The number of ether oxygens (including phenoxy) is 1. The highest BCUT2D eigenvalue weighted by Gasteiger charge is 2.13. The average Bonchev–Trinajstić information content (AvgIpc) is 2.31. The highest BCUT2D eigenvalue weighted by Crippen LogP contribution is 2.27. The summed E-state index contributed by atoms with van der Waals surface area (Å²) in [5.74, 6) is -0.389. The van der Waals surface area contributed by atoms with E-state index in [0.29, 0.717) is 16.7 Å². The molecule has 7 nitrogen and oxygen atoms in total. The average molecular weight is 318 g/mol. The molecule has 8 heteroatoms. The van der Waals surface area contributed by atoms with Gasteiger partial charge in [-0.1, -0.05) is 0 Å². The molecule has 98 valence electrons. The molecule has 0 aliphatic heterocycles. The van der Waals surface area contributed by atoms with Crippen LogP contribution in [0, 0.1) is 10.1 Å². The minimum absolute atomic E-state index is 0.115. The van der Waals surface area contributed by atoms with Gasteiger partial charge in [0, 0.05) is 18.3 Å². The monoisotopic (exact) mass is 317 g/mol. The molecule has 0 radical (unpaired) electrons. The van der Waals surface area contributed by atoms with Gasteiger partial charge in [0.15, 0.2) is 0 Å². The molecule has 0 aromatic heterocycles. The van der Waals surface area contributed by atoms with Crippen molar-refractivity contribution < 1.29 is 14.5 Å². The van der Waals surface area contributed by atoms with Crippen molar-refractivity contribution in [1.29, 1.82) is 0 Å². The molecule has 0 saturated carbocycles. The summed E-state index contributed by atoms with van der Waals surface area (Å²) in [7, 11) is 0. The third-order valence-corrected chi connectivity index (χ3v) is 2.59. The van der Waals surface area contributed by atoms with Gasteiger partial charge >= 0.3 is 0 Å². The van der Waals surface area contributed by atoms with Crippen molar-refractivity contribution in [1.82, 2.24) is 0 Å². The first-order valence-corrected chi connectivity index (χ1v) is 5.85. The van der Waals surface area contributed by atoms with E-state index >= 15 is 0 Å². The lowest BCUT2D eigenvalue weighted by Crippen LogP contribution is -2.20. The number of nitro groups is 1. The van der Waals surface area contributed by atoms with Crippen LogP contribution in [0.1, 0.15) is 0 Å². The van der Waals surface area contributed by atoms with Gasteiger partial charge in [0.2, 0.25) is 5.91 Å². The summed E-state index contributed by atoms with van der Waals surface area (Å²) in [5.41, 5.74) is 5.42. The molecule has 1 aromatic rings. The van der Waals surface area contributed by atoms with Gasteiger partial charge in [-0.25, -0.2) is 0 Å². The van der Waals surface area contributed by atoms with Gasteiger partial charge in [-0.2, -0.15) is 0 Å². The van der Waals surface area contributed by atoms with Crippen LogP contribution in [-0.4, -0.2) is 30.6 Å². The Morgan fingerprint density at radius 1 is 1.56 bits per heavy atom. The highest BCUT2D eigenvalue weighted by molar-refractivity contribution is 9.10. The van der Waals surface area contributed by atoms with E-state index in [1.807, 2.05) is 0 Å². The standard InChI is InChI=1S/C10H12BrN3O4/c11-8-2-1-7(5-9(8)14(16)17)13-10(15)6-18-4-3-12/h1-2,5H,3-4,6,12H2,(H,13,15). The molecule has 0 saturated heterocycles. The second-order valence-electron chi connectivity index (χ2n) is 3.31. The smallest absolute Gasteiger partial charge is 0.285 e. The Labute approximate surface area is 112 Å². The fourth-order valence-corrected chi connectivity index (χ4v) is 1.57. The first kappa shape index (κ1) is 14.6. The van der Waals surface area contributed by atoms with Crippen molar-refractivity contribution in [2.24, 2.45) is 5.73 Å². The van der Waals surface area contributed by atoms with Crippen LogP contribution in [0.15, 0.2) is 22.7 Å². The molecule has 1 amide bonds. The highest BCUT2D eigenvalue weighted by atomic mass is 79.9. The molecule has 18 heavy (non-hydrogen) atoms. The van der Waals surface area contributed by atoms with Crippen LogP contribution >= 0.6 is 15.9 Å². The predicted molar refractivity (Wildman–Crippen MR) is 69.3 cm³/mol. The van der Waals surface area contributed by atoms with E-state index in [0.717, 1.165) is 0 Å². The van der Waals surface area contributed by atoms with E-state index in [-0.39, 0.29) is 24.8 Å². The van der Waals surface area contributed by atoms with E-state index in [2.05, 4.69) is 21.2 Å². The van der Waals surface area contributed by atoms with E-state index in [1.54, 1.807) is 6.07 Å². The Morgan fingerprint density at radius 2 is 2.28 bits per heavy atom. The Morgan fingerprint density at radius 3 is 2.89 bits per heavy atom. The number of hydrogen-bond acceptors (Lipinski definition) is 5. The lowest BCUT2D eigenvalue weighted by Gasteiger charge is -2.06. The minimum Gasteiger partial charge on any atom is -0.370 e. The number of anilines is 1. The number of benzene rings is 1. The van der Waals surface area contributed by atoms with Crippen LogP contribution in [0.4, 0.5) is 11.4 Å². The Balaban J connectivity index is 2.65. The molecule has 1 rings (SSSR count). The summed E-state index contributed by atoms with van der Waals surface area (Å²) in [6.07, 6.45) is 0. The second kappa shape index (κ2) is 7.04. The van der Waals surface area contributed by atoms with Crippen LogP contribution in [-0.2, 0) is 9.53 Å². The van der Waals surface area contributed by atoms with Crippen molar-refractivity contribution >= 4 is 33.2 Å². The molecule has 0 spiro atoms. The third kappa shape index (κ3) is 4.40. The van der Waals surface area contributed by atoms with Crippen LogP contribution in [0.5, 0.6) is 0 Å². The number of rotatable bonds is 6. The van der Waals surface area contributed by atoms with Gasteiger partial charge in [-0.3, -0.25) is 14.9 Å². The van der Waals surface area contributed by atoms with Gasteiger partial charge in [0.05, 0.1) is 16.0 Å². The summed E-state index contributed by atoms with van der Waals surface area (Å²) < 4.78 is 5.29. The normalized spacial score (nSPS) is 10.1. The SMILES string of the molecule is NCCOCC(=O)Nc1ccc(Br)c([N+](=O)[O-])c1. The number of carbonyl (C=O) groups excluding carboxylic acids is 1. The zero-order chi connectivity index (χ0) is 13.5. The minimum atomic E-state index is -0.537. The summed E-state index contributed by atoms with van der Waals surface area (Å²) in [6, 6.07) is 4.32. The molecule has 0 heterocycles. The van der Waals surface area contributed by atoms with Crippen molar-refractivity contribution in [2.75, 3.05) is 25.1 Å². The quantitative estimate of drug-likeness (QED) is 0.466. The fourth-order valence-electron chi connectivity index (χ4n) is 1.18. The van der Waals surface area contributed by atoms with Crippen LogP contribution < -0.4 is 11.1 Å². The molecule has 0 bridgehead atoms. The Kier molecular flexibility index (Phi) is 5.69. The van der Waals surface area contributed by atoms with Gasteiger partial charge in [0.1, 0.15) is 6.61 Å². The number of halogens is 1. The molecule has 0 fully saturated rings. The first-order chi connectivity index (χ1) is 8.54. The van der Waals surface area contributed by atoms with Crippen molar-refractivity contribution in [3.63, 3.8) is 0 Å². The molecule has 0 aliphatic carbocycles. The lowest BCUT2D eigenvalue weighted by molar-refractivity contribution is -0.385. The number of nitrogens with one attached hydrogen (secondary N) is 1. The Hall–Kier alpha value is -1.51. The third-order valence-electron chi connectivity index (χ3n) is 1.92. The topological polar surface area (TPSA) is 107 Å². The lowest BCUT2D eigenvalue weighted by atomic mass is 10.3. The van der Waals surface area contributed by atoms with E-state index in [1.165, 1.54) is 12.1 Å². The summed E-state index contributed by atoms with van der Waals surface area (Å²) in [5, 5.41) is 13.2. The Bertz CT molecular complexity index is 453. The van der Waals surface area contributed by atoms with Crippen LogP contribution in [0.25, 0.3) is 0 Å². The summed E-state index contributed by atoms with van der Waals surface area (Å²) >= 11 is 3.06. The maximum Gasteiger partial charge on any atom is 0.285 e. The fraction of sp³-hybridized carbons (Fsp3) is 0.300. The number of hydrogen-bond donors (Lipinski definition) is 2. The zero-order valence-corrected chi connectivity index (χ0v) is 11.0. The van der Waals surface area contributed by atoms with Gasteiger partial charge < -0.3 is 15.8 Å². The summed E-state index contributed by atoms with van der Waals surface area (Å²) in [6.45, 7) is 0.478. The van der Waals surface area contributed by atoms with Gasteiger partial charge in [-0.05, 0) is 28.1 Å². The number of nitro benzene ring substituents is 1. The zero-order valence-electron chi connectivity index (χ0n) is 9.39. The maximum absolute atomic E-state index is 11.4. The van der Waals surface area contributed by atoms with E-state index in [4.69, 9.17) is 10.5 Å². The van der Waals surface area contributed by atoms with Crippen molar-refractivity contribution in [3.05, 3.63) is 32.8 Å². The molecular formula is C10H12BrN3O4. The number of nitrogens with zero attached hydrogens (tertiary/aromatic N) is 1. The van der Waals surface area contributed by atoms with Gasteiger partial charge in [-0.15, -0.1) is 0 Å². The van der Waals surface area contributed by atoms with Crippen molar-refractivity contribution in [2.45, 2.75) is 0 Å². The predicted octanol–water partition coefficient (Wildman–Crippen LogP) is 1.27. The molecule has 3 N–H and O–H groups in total. The largest absolute Gasteiger partial charge is 0.370 e. The van der Waals surface area contributed by atoms with Crippen LogP contribution in [0.3, 0.4) is 0 Å². The van der Waals surface area contributed by atoms with Crippen LogP contribution in [0.2, 0.25) is 0 Å². The molecule has 1 aromatic carbocycles. The number of nitrogens with two attached hydrogens (primary N) is 1. The van der Waals surface area contributed by atoms with E-state index in [9.17, 15) is 14.9 Å². The second-order valence-corrected chi connectivity index (χ2v) is 4.17. The van der Waals surface area contributed by atoms with Gasteiger partial charge in [0.25, 0.3) is 5.69 Å². The number of carbonyl (C=O) groups is 1. The first-order valence-electron chi connectivity index (χ1n) is 5.06. The van der Waals surface area contributed by atoms with Crippen molar-refractivity contribution in [3.8, 4) is 0 Å².